The molecule has 0 aliphatic carbocycles. The van der Waals surface area contributed by atoms with Crippen molar-refractivity contribution in [2.75, 3.05) is 6.61 Å². The summed E-state index contributed by atoms with van der Waals surface area (Å²) in [5.74, 6) is 0.0943. The minimum Gasteiger partial charge on any atom is -0.464 e. The number of carbonyl (C=O) groups is 2. The lowest BCUT2D eigenvalue weighted by atomic mass is 10.1. The van der Waals surface area contributed by atoms with Gasteiger partial charge in [-0.2, -0.15) is 4.89 Å². The van der Waals surface area contributed by atoms with Gasteiger partial charge in [0.15, 0.2) is 5.75 Å². The number of amides is 1. The van der Waals surface area contributed by atoms with Crippen LogP contribution in [0.3, 0.4) is 0 Å². The number of benzene rings is 2. The summed E-state index contributed by atoms with van der Waals surface area (Å²) in [5.41, 5.74) is 1.87. The van der Waals surface area contributed by atoms with Crippen molar-refractivity contribution in [2.45, 2.75) is 26.0 Å². The Morgan fingerprint density at radius 2 is 1.80 bits per heavy atom. The van der Waals surface area contributed by atoms with Gasteiger partial charge in [-0.1, -0.05) is 42.5 Å². The maximum Gasteiger partial charge on any atom is 0.328 e. The molecular formula is C19H21NO5. The molecule has 1 N–H and O–H groups in total. The van der Waals surface area contributed by atoms with Crippen molar-refractivity contribution in [1.29, 1.82) is 0 Å². The van der Waals surface area contributed by atoms with Crippen LogP contribution in [0.15, 0.2) is 54.6 Å². The highest BCUT2D eigenvalue weighted by atomic mass is 17.2. The Hall–Kier alpha value is -2.86. The third-order valence-corrected chi connectivity index (χ3v) is 3.43. The van der Waals surface area contributed by atoms with Crippen molar-refractivity contribution >= 4 is 12.4 Å². The number of ether oxygens (including phenoxy) is 1. The Kier molecular flexibility index (Phi) is 7.46. The van der Waals surface area contributed by atoms with Crippen LogP contribution in [0.2, 0.25) is 0 Å². The Labute approximate surface area is 146 Å². The Bertz CT molecular complexity index is 657. The molecule has 0 spiro atoms. The number of rotatable bonds is 10. The first-order valence-corrected chi connectivity index (χ1v) is 8.01. The quantitative estimate of drug-likeness (QED) is 0.310. The molecule has 132 valence electrons. The fraction of sp³-hybridized carbons (Fsp3) is 0.263. The highest BCUT2D eigenvalue weighted by Gasteiger charge is 2.19. The van der Waals surface area contributed by atoms with E-state index in [1.165, 1.54) is 0 Å². The fourth-order valence-corrected chi connectivity index (χ4v) is 2.19. The molecule has 2 aromatic rings. The maximum atomic E-state index is 11.8. The maximum absolute atomic E-state index is 11.8. The van der Waals surface area contributed by atoms with E-state index in [9.17, 15) is 9.59 Å². The average Bonchev–Trinajstić information content (AvgIpc) is 2.64. The molecule has 6 heteroatoms. The molecule has 0 radical (unpaired) electrons. The van der Waals surface area contributed by atoms with E-state index in [-0.39, 0.29) is 6.61 Å². The zero-order valence-corrected chi connectivity index (χ0v) is 14.0. The topological polar surface area (TPSA) is 73.9 Å². The molecule has 0 aromatic heterocycles. The van der Waals surface area contributed by atoms with Gasteiger partial charge in [-0.15, -0.1) is 0 Å². The number of esters is 1. The molecule has 6 nitrogen and oxygen atoms in total. The third-order valence-electron chi connectivity index (χ3n) is 3.43. The molecule has 0 aliphatic heterocycles. The van der Waals surface area contributed by atoms with Crippen LogP contribution >= 0.6 is 0 Å². The largest absolute Gasteiger partial charge is 0.464 e. The second kappa shape index (κ2) is 10.1. The van der Waals surface area contributed by atoms with E-state index in [1.54, 1.807) is 31.2 Å². The molecule has 0 bridgehead atoms. The second-order valence-electron chi connectivity index (χ2n) is 5.27. The zero-order valence-electron chi connectivity index (χ0n) is 14.0. The molecule has 0 fully saturated rings. The molecule has 1 atom stereocenters. The van der Waals surface area contributed by atoms with Crippen LogP contribution < -0.4 is 10.2 Å². The Morgan fingerprint density at radius 3 is 2.44 bits per heavy atom. The van der Waals surface area contributed by atoms with Crippen molar-refractivity contribution < 1.29 is 24.1 Å². The summed E-state index contributed by atoms with van der Waals surface area (Å²) in [6, 6.07) is 16.1. The first kappa shape index (κ1) is 18.5. The first-order chi connectivity index (χ1) is 12.2. The van der Waals surface area contributed by atoms with Crippen LogP contribution in [0, 0.1) is 0 Å². The second-order valence-corrected chi connectivity index (χ2v) is 5.27. The molecule has 0 saturated carbocycles. The summed E-state index contributed by atoms with van der Waals surface area (Å²) in [6.07, 6.45) is 0.833. The summed E-state index contributed by atoms with van der Waals surface area (Å²) in [7, 11) is 0. The van der Waals surface area contributed by atoms with Crippen molar-refractivity contribution in [3.63, 3.8) is 0 Å². The minimum absolute atomic E-state index is 0.265. The van der Waals surface area contributed by atoms with Gasteiger partial charge < -0.3 is 14.9 Å². The van der Waals surface area contributed by atoms with Gasteiger partial charge in [0.1, 0.15) is 12.6 Å². The van der Waals surface area contributed by atoms with Crippen LogP contribution in [-0.4, -0.2) is 25.0 Å². The first-order valence-electron chi connectivity index (χ1n) is 8.01. The van der Waals surface area contributed by atoms with Gasteiger partial charge in [-0.05, 0) is 30.2 Å². The number of nitrogens with one attached hydrogen (secondary N) is 1. The van der Waals surface area contributed by atoms with Crippen molar-refractivity contribution in [1.82, 2.24) is 5.32 Å². The third kappa shape index (κ3) is 6.27. The van der Waals surface area contributed by atoms with E-state index in [0.717, 1.165) is 11.1 Å². The minimum atomic E-state index is -0.710. The van der Waals surface area contributed by atoms with Gasteiger partial charge in [0.2, 0.25) is 6.41 Å². The van der Waals surface area contributed by atoms with Crippen LogP contribution in [0.5, 0.6) is 5.75 Å². The lowest BCUT2D eigenvalue weighted by molar-refractivity contribution is -0.217. The number of hydrogen-bond acceptors (Lipinski definition) is 5. The van der Waals surface area contributed by atoms with E-state index in [4.69, 9.17) is 14.5 Å². The SMILES string of the molecule is CCOC(=O)[C@H](Cc1ccc(OOCc2ccccc2)cc1)NC=O. The molecule has 2 rings (SSSR count). The smallest absolute Gasteiger partial charge is 0.328 e. The molecule has 25 heavy (non-hydrogen) atoms. The number of hydrogen-bond donors (Lipinski definition) is 1. The molecule has 1 amide bonds. The fourth-order valence-electron chi connectivity index (χ4n) is 2.19. The van der Waals surface area contributed by atoms with Crippen molar-refractivity contribution in [3.8, 4) is 5.75 Å². The van der Waals surface area contributed by atoms with E-state index < -0.39 is 12.0 Å². The monoisotopic (exact) mass is 343 g/mol. The summed E-state index contributed by atoms with van der Waals surface area (Å²) in [4.78, 5) is 32.9. The molecule has 0 heterocycles. The van der Waals surface area contributed by atoms with E-state index in [0.29, 0.717) is 25.2 Å². The molecular weight excluding hydrogens is 322 g/mol. The van der Waals surface area contributed by atoms with Crippen LogP contribution in [0.1, 0.15) is 18.1 Å². The molecule has 0 saturated heterocycles. The lowest BCUT2D eigenvalue weighted by Crippen LogP contribution is -2.39. The van der Waals surface area contributed by atoms with Gasteiger partial charge >= 0.3 is 5.97 Å². The summed E-state index contributed by atoms with van der Waals surface area (Å²) >= 11 is 0. The normalized spacial score (nSPS) is 11.4. The molecule has 2 aromatic carbocycles. The van der Waals surface area contributed by atoms with Crippen molar-refractivity contribution in [2.24, 2.45) is 0 Å². The van der Waals surface area contributed by atoms with Gasteiger partial charge in [0.25, 0.3) is 0 Å². The van der Waals surface area contributed by atoms with Gasteiger partial charge in [0, 0.05) is 6.42 Å². The Morgan fingerprint density at radius 1 is 1.08 bits per heavy atom. The Balaban J connectivity index is 1.85. The predicted octanol–water partition coefficient (Wildman–Crippen LogP) is 2.42. The van der Waals surface area contributed by atoms with Crippen molar-refractivity contribution in [3.05, 3.63) is 65.7 Å². The summed E-state index contributed by atoms with van der Waals surface area (Å²) < 4.78 is 4.94. The van der Waals surface area contributed by atoms with Crippen LogP contribution in [-0.2, 0) is 32.2 Å². The zero-order chi connectivity index (χ0) is 17.9. The number of carbonyl (C=O) groups excluding carboxylic acids is 2. The predicted molar refractivity (Wildman–Crippen MR) is 91.6 cm³/mol. The lowest BCUT2D eigenvalue weighted by Gasteiger charge is -2.14. The molecule has 0 unspecified atom stereocenters. The summed E-state index contributed by atoms with van der Waals surface area (Å²) in [5, 5.41) is 2.47. The molecule has 0 aliphatic rings. The van der Waals surface area contributed by atoms with Gasteiger partial charge in [-0.3, -0.25) is 4.79 Å². The highest BCUT2D eigenvalue weighted by molar-refractivity contribution is 5.78. The average molecular weight is 343 g/mol. The van der Waals surface area contributed by atoms with Gasteiger partial charge in [0.05, 0.1) is 6.61 Å². The van der Waals surface area contributed by atoms with E-state index in [1.807, 2.05) is 30.3 Å². The van der Waals surface area contributed by atoms with Gasteiger partial charge in [-0.25, -0.2) is 4.79 Å². The standard InChI is InChI=1S/C19H21NO5/c1-2-23-19(22)18(20-14-21)12-15-8-10-17(11-9-15)25-24-13-16-6-4-3-5-7-16/h3-11,14,18H,2,12-13H2,1H3,(H,20,21)/t18-/m0/s1. The summed E-state index contributed by atoms with van der Waals surface area (Å²) in [6.45, 7) is 2.33. The van der Waals surface area contributed by atoms with E-state index in [2.05, 4.69) is 5.32 Å². The van der Waals surface area contributed by atoms with E-state index >= 15 is 0 Å². The van der Waals surface area contributed by atoms with Crippen LogP contribution in [0.25, 0.3) is 0 Å². The highest BCUT2D eigenvalue weighted by Crippen LogP contribution is 2.15. The van der Waals surface area contributed by atoms with Crippen LogP contribution in [0.4, 0.5) is 0 Å².